The van der Waals surface area contributed by atoms with E-state index in [1.807, 2.05) is 60.7 Å². The van der Waals surface area contributed by atoms with E-state index >= 15 is 0 Å². The number of aromatic nitrogens is 3. The average molecular weight is 435 g/mol. The van der Waals surface area contributed by atoms with E-state index in [-0.39, 0.29) is 11.2 Å². The summed E-state index contributed by atoms with van der Waals surface area (Å²) in [5.41, 5.74) is 2.53. The van der Waals surface area contributed by atoms with Crippen LogP contribution in [0.25, 0.3) is 0 Å². The van der Waals surface area contributed by atoms with E-state index in [2.05, 4.69) is 27.5 Å². The highest BCUT2D eigenvalue weighted by molar-refractivity contribution is 7.99. The first-order chi connectivity index (χ1) is 14.7. The zero-order valence-corrected chi connectivity index (χ0v) is 17.6. The van der Waals surface area contributed by atoms with Crippen LogP contribution in [-0.2, 0) is 13.0 Å². The molecule has 0 bridgehead atoms. The maximum Gasteiger partial charge on any atom is 0.255 e. The van der Waals surface area contributed by atoms with Crippen LogP contribution in [0.3, 0.4) is 0 Å². The summed E-state index contributed by atoms with van der Waals surface area (Å²) in [4.78, 5) is 17.8. The summed E-state index contributed by atoms with van der Waals surface area (Å²) < 4.78 is 1.80. The van der Waals surface area contributed by atoms with Gasteiger partial charge >= 0.3 is 0 Å². The molecule has 0 aliphatic heterocycles. The van der Waals surface area contributed by atoms with Gasteiger partial charge in [0, 0.05) is 17.0 Å². The third-order valence-electron chi connectivity index (χ3n) is 4.44. The second-order valence-corrected chi connectivity index (χ2v) is 7.89. The Hall–Kier alpha value is -3.09. The first kappa shape index (κ1) is 20.2. The van der Waals surface area contributed by atoms with E-state index in [4.69, 9.17) is 11.6 Å². The third-order valence-corrected chi connectivity index (χ3v) is 5.66. The number of hydrogen-bond donors (Lipinski definition) is 1. The quantitative estimate of drug-likeness (QED) is 0.412. The first-order valence-electron chi connectivity index (χ1n) is 9.46. The average Bonchev–Trinajstić information content (AvgIpc) is 3.14. The Morgan fingerprint density at radius 2 is 1.60 bits per heavy atom. The summed E-state index contributed by atoms with van der Waals surface area (Å²) >= 11 is 7.52. The van der Waals surface area contributed by atoms with Gasteiger partial charge in [0.1, 0.15) is 0 Å². The van der Waals surface area contributed by atoms with Gasteiger partial charge in [-0.2, -0.15) is 4.98 Å². The molecular weight excluding hydrogens is 416 g/mol. The molecule has 0 aliphatic rings. The number of nitrogens with one attached hydrogen (secondary N) is 1. The van der Waals surface area contributed by atoms with Crippen molar-refractivity contribution in [3.05, 3.63) is 101 Å². The number of hydrogen-bond acceptors (Lipinski definition) is 4. The minimum Gasteiger partial charge on any atom is -0.321 e. The van der Waals surface area contributed by atoms with E-state index < -0.39 is 0 Å². The SMILES string of the molecule is O=C(Nc1ccccc1Sc1nc(Cl)nn1CCc1ccccc1)c1ccccc1. The molecular formula is C23H19ClN4OS. The molecule has 0 unspecified atom stereocenters. The van der Waals surface area contributed by atoms with Gasteiger partial charge in [-0.1, -0.05) is 60.7 Å². The molecule has 7 heteroatoms. The van der Waals surface area contributed by atoms with Gasteiger partial charge in [0.2, 0.25) is 5.28 Å². The van der Waals surface area contributed by atoms with Crippen molar-refractivity contribution in [3.8, 4) is 0 Å². The van der Waals surface area contributed by atoms with Crippen LogP contribution < -0.4 is 5.32 Å². The van der Waals surface area contributed by atoms with Crippen molar-refractivity contribution in [1.82, 2.24) is 14.8 Å². The lowest BCUT2D eigenvalue weighted by Gasteiger charge is -2.11. The molecule has 150 valence electrons. The summed E-state index contributed by atoms with van der Waals surface area (Å²) in [6.07, 6.45) is 0.820. The van der Waals surface area contributed by atoms with E-state index in [0.29, 0.717) is 23.0 Å². The van der Waals surface area contributed by atoms with Gasteiger partial charge in [-0.15, -0.1) is 5.10 Å². The molecule has 3 aromatic carbocycles. The van der Waals surface area contributed by atoms with Crippen LogP contribution in [0, 0.1) is 0 Å². The minimum atomic E-state index is -0.160. The lowest BCUT2D eigenvalue weighted by atomic mass is 10.2. The Kier molecular flexibility index (Phi) is 6.47. The highest BCUT2D eigenvalue weighted by Gasteiger charge is 2.14. The maximum atomic E-state index is 12.6. The number of aryl methyl sites for hydroxylation is 2. The van der Waals surface area contributed by atoms with Crippen molar-refractivity contribution in [1.29, 1.82) is 0 Å². The van der Waals surface area contributed by atoms with Crippen LogP contribution in [0.2, 0.25) is 5.28 Å². The number of halogens is 1. The Bertz CT molecular complexity index is 1130. The van der Waals surface area contributed by atoms with Gasteiger partial charge in [-0.05, 0) is 59.6 Å². The van der Waals surface area contributed by atoms with Crippen molar-refractivity contribution in [3.63, 3.8) is 0 Å². The molecule has 0 spiro atoms. The molecule has 1 heterocycles. The molecule has 0 radical (unpaired) electrons. The van der Waals surface area contributed by atoms with E-state index in [1.54, 1.807) is 16.8 Å². The number of nitrogens with zero attached hydrogens (tertiary/aromatic N) is 3. The first-order valence-corrected chi connectivity index (χ1v) is 10.7. The van der Waals surface area contributed by atoms with Crippen molar-refractivity contribution >= 4 is 35.0 Å². The Morgan fingerprint density at radius 1 is 0.933 bits per heavy atom. The van der Waals surface area contributed by atoms with Crippen molar-refractivity contribution < 1.29 is 4.79 Å². The number of rotatable bonds is 7. The lowest BCUT2D eigenvalue weighted by Crippen LogP contribution is -2.12. The second-order valence-electron chi connectivity index (χ2n) is 6.54. The molecule has 0 saturated heterocycles. The summed E-state index contributed by atoms with van der Waals surface area (Å²) in [5.74, 6) is -0.160. The molecule has 1 N–H and O–H groups in total. The molecule has 30 heavy (non-hydrogen) atoms. The van der Waals surface area contributed by atoms with E-state index in [1.165, 1.54) is 17.3 Å². The highest BCUT2D eigenvalue weighted by atomic mass is 35.5. The fraction of sp³-hybridized carbons (Fsp3) is 0.0870. The molecule has 4 rings (SSSR count). The van der Waals surface area contributed by atoms with E-state index in [9.17, 15) is 4.79 Å². The van der Waals surface area contributed by atoms with Gasteiger partial charge in [-0.3, -0.25) is 4.79 Å². The van der Waals surface area contributed by atoms with E-state index in [0.717, 1.165) is 11.3 Å². The van der Waals surface area contributed by atoms with Crippen LogP contribution in [0.4, 0.5) is 5.69 Å². The second kappa shape index (κ2) is 9.61. The van der Waals surface area contributed by atoms with Crippen molar-refractivity contribution in [2.45, 2.75) is 23.0 Å². The smallest absolute Gasteiger partial charge is 0.255 e. The standard InChI is InChI=1S/C23H19ClN4OS/c24-22-26-23(28(27-22)16-15-17-9-3-1-4-10-17)30-20-14-8-7-13-19(20)25-21(29)18-11-5-2-6-12-18/h1-14H,15-16H2,(H,25,29). The predicted molar refractivity (Wildman–Crippen MR) is 120 cm³/mol. The van der Waals surface area contributed by atoms with Gasteiger partial charge in [-0.25, -0.2) is 4.68 Å². The lowest BCUT2D eigenvalue weighted by molar-refractivity contribution is 0.102. The third kappa shape index (κ3) is 5.09. The summed E-state index contributed by atoms with van der Waals surface area (Å²) in [6.45, 7) is 0.657. The Labute approximate surface area is 184 Å². The molecule has 0 fully saturated rings. The fourth-order valence-electron chi connectivity index (χ4n) is 2.94. The number of anilines is 1. The molecule has 0 aliphatic carbocycles. The number of benzene rings is 3. The van der Waals surface area contributed by atoms with Crippen LogP contribution >= 0.6 is 23.4 Å². The number of carbonyl (C=O) groups is 1. The Balaban J connectivity index is 1.52. The molecule has 0 saturated carbocycles. The van der Waals surface area contributed by atoms with Gasteiger partial charge in [0.15, 0.2) is 5.16 Å². The molecule has 0 atom stereocenters. The normalized spacial score (nSPS) is 10.7. The summed E-state index contributed by atoms with van der Waals surface area (Å²) in [7, 11) is 0. The number of carbonyl (C=O) groups excluding carboxylic acids is 1. The van der Waals surface area contributed by atoms with Crippen LogP contribution in [0.15, 0.2) is 95.0 Å². The zero-order valence-electron chi connectivity index (χ0n) is 16.0. The topological polar surface area (TPSA) is 59.8 Å². The summed E-state index contributed by atoms with van der Waals surface area (Å²) in [6, 6.07) is 26.9. The zero-order chi connectivity index (χ0) is 20.8. The van der Waals surface area contributed by atoms with Crippen molar-refractivity contribution in [2.75, 3.05) is 5.32 Å². The fourth-order valence-corrected chi connectivity index (χ4v) is 4.11. The number of amides is 1. The molecule has 1 amide bonds. The molecule has 1 aromatic heterocycles. The monoisotopic (exact) mass is 434 g/mol. The van der Waals surface area contributed by atoms with Crippen LogP contribution in [0.5, 0.6) is 0 Å². The largest absolute Gasteiger partial charge is 0.321 e. The predicted octanol–water partition coefficient (Wildman–Crippen LogP) is 5.58. The van der Waals surface area contributed by atoms with Crippen LogP contribution in [0.1, 0.15) is 15.9 Å². The van der Waals surface area contributed by atoms with Gasteiger partial charge in [0.05, 0.1) is 5.69 Å². The Morgan fingerprint density at radius 3 is 2.37 bits per heavy atom. The van der Waals surface area contributed by atoms with Crippen molar-refractivity contribution in [2.24, 2.45) is 0 Å². The number of para-hydroxylation sites is 1. The maximum absolute atomic E-state index is 12.6. The minimum absolute atomic E-state index is 0.160. The summed E-state index contributed by atoms with van der Waals surface area (Å²) in [5, 5.41) is 8.19. The van der Waals surface area contributed by atoms with Crippen LogP contribution in [-0.4, -0.2) is 20.7 Å². The van der Waals surface area contributed by atoms with Gasteiger partial charge in [0.25, 0.3) is 5.91 Å². The molecule has 5 nitrogen and oxygen atoms in total. The highest BCUT2D eigenvalue weighted by Crippen LogP contribution is 2.33. The molecule has 4 aromatic rings. The van der Waals surface area contributed by atoms with Gasteiger partial charge < -0.3 is 5.32 Å².